The Kier molecular flexibility index (Phi) is 6.33. The van der Waals surface area contributed by atoms with Crippen LogP contribution in [0.15, 0.2) is 44.8 Å². The highest BCUT2D eigenvalue weighted by atomic mass is 16.2. The van der Waals surface area contributed by atoms with Crippen LogP contribution in [0.4, 0.5) is 0 Å². The van der Waals surface area contributed by atoms with Crippen LogP contribution in [0.5, 0.6) is 0 Å². The molecule has 1 aromatic carbocycles. The van der Waals surface area contributed by atoms with Gasteiger partial charge in [0, 0.05) is 24.2 Å². The Labute approximate surface area is 209 Å². The zero-order chi connectivity index (χ0) is 24.6. The van der Waals surface area contributed by atoms with Crippen LogP contribution in [-0.2, 0) is 0 Å². The molecule has 1 N–H and O–H groups in total. The molecule has 0 unspecified atom stereocenters. The molecule has 9 nitrogen and oxygen atoms in total. The lowest BCUT2D eigenvalue weighted by atomic mass is 9.79. The lowest BCUT2D eigenvalue weighted by Gasteiger charge is -2.53. The summed E-state index contributed by atoms with van der Waals surface area (Å²) in [6.07, 6.45) is 15.7. The van der Waals surface area contributed by atoms with Gasteiger partial charge in [-0.1, -0.05) is 50.7 Å². The summed E-state index contributed by atoms with van der Waals surface area (Å²) in [6.45, 7) is 0. The summed E-state index contributed by atoms with van der Waals surface area (Å²) in [4.78, 5) is 47.5. The quantitative estimate of drug-likeness (QED) is 0.604. The van der Waals surface area contributed by atoms with Gasteiger partial charge in [-0.2, -0.15) is 9.78 Å². The van der Waals surface area contributed by atoms with Gasteiger partial charge in [-0.25, -0.2) is 9.78 Å². The van der Waals surface area contributed by atoms with E-state index >= 15 is 0 Å². The molecule has 2 aliphatic heterocycles. The Morgan fingerprint density at radius 1 is 0.778 bits per heavy atom. The zero-order valence-electron chi connectivity index (χ0n) is 20.6. The third-order valence-corrected chi connectivity index (χ3v) is 8.56. The molecular weight excluding hydrogens is 456 g/mol. The molecule has 6 rings (SSSR count). The smallest absolute Gasteiger partial charge is 0.300 e. The van der Waals surface area contributed by atoms with Crippen molar-refractivity contribution in [3.63, 3.8) is 0 Å². The van der Waals surface area contributed by atoms with Crippen LogP contribution in [0.25, 0.3) is 16.9 Å². The molecule has 4 heterocycles. The predicted octanol–water partition coefficient (Wildman–Crippen LogP) is 3.30. The van der Waals surface area contributed by atoms with E-state index in [4.69, 9.17) is 0 Å². The van der Waals surface area contributed by atoms with Crippen molar-refractivity contribution in [2.45, 2.75) is 101 Å². The van der Waals surface area contributed by atoms with E-state index < -0.39 is 11.2 Å². The number of aromatic amines is 1. The highest BCUT2D eigenvalue weighted by Crippen LogP contribution is 2.42. The highest BCUT2D eigenvalue weighted by molar-refractivity contribution is 5.75. The van der Waals surface area contributed by atoms with Crippen LogP contribution in [-0.4, -0.2) is 47.3 Å². The predicted molar refractivity (Wildman–Crippen MR) is 138 cm³/mol. The molecule has 1 aliphatic carbocycles. The van der Waals surface area contributed by atoms with Gasteiger partial charge in [-0.3, -0.25) is 19.5 Å². The maximum Gasteiger partial charge on any atom is 0.351 e. The molecule has 190 valence electrons. The molecule has 1 saturated carbocycles. The van der Waals surface area contributed by atoms with Crippen molar-refractivity contribution in [2.75, 3.05) is 0 Å². The lowest BCUT2D eigenvalue weighted by molar-refractivity contribution is -0.0247. The number of fused-ring (bicyclic) bond motifs is 3. The average Bonchev–Trinajstić information content (AvgIpc) is 2.83. The van der Waals surface area contributed by atoms with E-state index in [1.54, 1.807) is 0 Å². The van der Waals surface area contributed by atoms with Crippen molar-refractivity contribution in [1.29, 1.82) is 0 Å². The third-order valence-electron chi connectivity index (χ3n) is 8.56. The third kappa shape index (κ3) is 4.23. The van der Waals surface area contributed by atoms with E-state index in [0.717, 1.165) is 29.2 Å². The monoisotopic (exact) mass is 490 g/mol. The van der Waals surface area contributed by atoms with Gasteiger partial charge in [0.25, 0.3) is 11.1 Å². The molecule has 36 heavy (non-hydrogen) atoms. The number of H-pyrrole nitrogens is 1. The van der Waals surface area contributed by atoms with Crippen molar-refractivity contribution < 1.29 is 0 Å². The second kappa shape index (κ2) is 9.76. The average molecular weight is 491 g/mol. The number of aromatic nitrogens is 5. The standard InChI is InChI=1S/C27H34N6O3/c34-24-17-28-33(27(36)30-24)25-26(35)32(23-14-7-6-13-22(23)29-25)21-15-19-11-8-12-20(16-21)31(19)18-9-4-2-1-3-5-10-18/h6-7,13-14,17-21H,1-5,8-12,15-16H2,(H,30,34,36)/t19-,20+,21-. The normalized spacial score (nSPS) is 25.9. The van der Waals surface area contributed by atoms with E-state index in [2.05, 4.69) is 20.0 Å². The number of nitrogens with one attached hydrogen (secondary N) is 1. The van der Waals surface area contributed by atoms with Gasteiger partial charge in [0.1, 0.15) is 6.20 Å². The largest absolute Gasteiger partial charge is 0.351 e. The van der Waals surface area contributed by atoms with Gasteiger partial charge in [-0.05, 0) is 50.7 Å². The number of hydrogen-bond acceptors (Lipinski definition) is 6. The SMILES string of the molecule is O=c1cnn(-c2nc3ccccc3n([C@@H]3C[C@H]4CCC[C@@H](C3)N4C3CCCCCCC3)c2=O)c(=O)[nH]1. The van der Waals surface area contributed by atoms with Gasteiger partial charge < -0.3 is 4.57 Å². The first-order chi connectivity index (χ1) is 17.6. The Bertz CT molecular complexity index is 1400. The van der Waals surface area contributed by atoms with Crippen LogP contribution in [0.2, 0.25) is 0 Å². The van der Waals surface area contributed by atoms with Crippen molar-refractivity contribution in [3.8, 4) is 5.82 Å². The van der Waals surface area contributed by atoms with Crippen LogP contribution in [0.1, 0.15) is 83.1 Å². The highest BCUT2D eigenvalue weighted by Gasteiger charge is 2.42. The Hall–Kier alpha value is -3.07. The maximum absolute atomic E-state index is 13.9. The second-order valence-electron chi connectivity index (χ2n) is 10.8. The molecule has 2 saturated heterocycles. The molecule has 0 spiro atoms. The fraction of sp³-hybridized carbons (Fsp3) is 0.593. The topological polar surface area (TPSA) is 106 Å². The van der Waals surface area contributed by atoms with Gasteiger partial charge >= 0.3 is 5.69 Å². The molecular formula is C27H34N6O3. The summed E-state index contributed by atoms with van der Waals surface area (Å²) in [6, 6.07) is 9.24. The van der Waals surface area contributed by atoms with Gasteiger partial charge in [-0.15, -0.1) is 0 Å². The fourth-order valence-electron chi connectivity index (χ4n) is 7.07. The van der Waals surface area contributed by atoms with Crippen LogP contribution in [0.3, 0.4) is 0 Å². The van der Waals surface area contributed by atoms with Gasteiger partial charge in [0.05, 0.1) is 11.0 Å². The number of piperidine rings is 2. The van der Waals surface area contributed by atoms with Crippen LogP contribution < -0.4 is 16.8 Å². The van der Waals surface area contributed by atoms with Crippen molar-refractivity contribution in [1.82, 2.24) is 29.2 Å². The van der Waals surface area contributed by atoms with E-state index in [-0.39, 0.29) is 17.4 Å². The molecule has 0 radical (unpaired) electrons. The summed E-state index contributed by atoms with van der Waals surface area (Å²) in [7, 11) is 0. The minimum absolute atomic E-state index is 0.0303. The van der Waals surface area contributed by atoms with Gasteiger partial charge in [0.15, 0.2) is 0 Å². The minimum Gasteiger partial charge on any atom is -0.300 e. The first-order valence-electron chi connectivity index (χ1n) is 13.6. The summed E-state index contributed by atoms with van der Waals surface area (Å²) in [5, 5.41) is 3.93. The second-order valence-corrected chi connectivity index (χ2v) is 10.8. The van der Waals surface area contributed by atoms with E-state index in [9.17, 15) is 14.4 Å². The van der Waals surface area contributed by atoms with E-state index in [1.807, 2.05) is 28.8 Å². The first-order valence-corrected chi connectivity index (χ1v) is 13.6. The van der Waals surface area contributed by atoms with Gasteiger partial charge in [0.2, 0.25) is 5.82 Å². The Morgan fingerprint density at radius 2 is 1.44 bits per heavy atom. The zero-order valence-corrected chi connectivity index (χ0v) is 20.6. The van der Waals surface area contributed by atoms with Crippen molar-refractivity contribution >= 4 is 11.0 Å². The molecule has 3 atom stereocenters. The summed E-state index contributed by atoms with van der Waals surface area (Å²) in [5.41, 5.74) is -0.277. The summed E-state index contributed by atoms with van der Waals surface area (Å²) >= 11 is 0. The first kappa shape index (κ1) is 23.3. The van der Waals surface area contributed by atoms with E-state index in [0.29, 0.717) is 23.6 Å². The maximum atomic E-state index is 13.9. The number of nitrogens with zero attached hydrogens (tertiary/aromatic N) is 5. The molecule has 9 heteroatoms. The Morgan fingerprint density at radius 3 is 2.17 bits per heavy atom. The molecule has 3 aliphatic rings. The number of benzene rings is 1. The minimum atomic E-state index is -0.759. The van der Waals surface area contributed by atoms with Crippen molar-refractivity contribution in [3.05, 3.63) is 61.7 Å². The summed E-state index contributed by atoms with van der Waals surface area (Å²) < 4.78 is 2.77. The summed E-state index contributed by atoms with van der Waals surface area (Å²) in [5.74, 6) is -0.0671. The number of rotatable bonds is 3. The molecule has 2 bridgehead atoms. The molecule has 3 aromatic rings. The number of hydrogen-bond donors (Lipinski definition) is 1. The van der Waals surface area contributed by atoms with E-state index in [1.165, 1.54) is 64.2 Å². The molecule has 2 aromatic heterocycles. The fourth-order valence-corrected chi connectivity index (χ4v) is 7.07. The van der Waals surface area contributed by atoms with Crippen LogP contribution >= 0.6 is 0 Å². The Balaban J connectivity index is 1.41. The van der Waals surface area contributed by atoms with Crippen molar-refractivity contribution in [2.24, 2.45) is 0 Å². The lowest BCUT2D eigenvalue weighted by Crippen LogP contribution is -2.57. The number of para-hydroxylation sites is 2. The molecule has 0 amide bonds. The van der Waals surface area contributed by atoms with Crippen LogP contribution in [0, 0.1) is 0 Å². The molecule has 3 fully saturated rings.